The number of carbonyl (C=O) groups excluding carboxylic acids is 1. The molecular weight excluding hydrogens is 438 g/mol. The molecule has 0 aliphatic heterocycles. The Balaban J connectivity index is 1.68. The van der Waals surface area contributed by atoms with Gasteiger partial charge in [-0.15, -0.1) is 0 Å². The number of amides is 1. The lowest BCUT2D eigenvalue weighted by molar-refractivity contribution is -0.384. The highest BCUT2D eigenvalue weighted by molar-refractivity contribution is 7.99. The van der Waals surface area contributed by atoms with E-state index >= 15 is 0 Å². The predicted molar refractivity (Wildman–Crippen MR) is 119 cm³/mol. The highest BCUT2D eigenvalue weighted by atomic mass is 32.2. The summed E-state index contributed by atoms with van der Waals surface area (Å²) in [5.41, 5.74) is 0.518. The van der Waals surface area contributed by atoms with Crippen molar-refractivity contribution in [2.45, 2.75) is 5.16 Å². The number of anilines is 4. The number of aromatic hydroxyl groups is 1. The third-order valence-corrected chi connectivity index (χ3v) is 4.69. The first-order valence-electron chi connectivity index (χ1n) is 9.27. The van der Waals surface area contributed by atoms with Crippen LogP contribution in [-0.4, -0.2) is 54.9 Å². The molecule has 0 saturated carbocycles. The molecule has 0 aliphatic rings. The van der Waals surface area contributed by atoms with Crippen molar-refractivity contribution < 1.29 is 19.9 Å². The van der Waals surface area contributed by atoms with Crippen LogP contribution in [0.5, 0.6) is 5.75 Å². The Bertz CT molecular complexity index is 1100. The lowest BCUT2D eigenvalue weighted by atomic mass is 10.2. The van der Waals surface area contributed by atoms with Crippen molar-refractivity contribution >= 4 is 46.6 Å². The van der Waals surface area contributed by atoms with Crippen molar-refractivity contribution in [3.8, 4) is 5.75 Å². The minimum atomic E-state index is -0.647. The first-order valence-corrected chi connectivity index (χ1v) is 10.3. The van der Waals surface area contributed by atoms with Gasteiger partial charge in [0.2, 0.25) is 17.8 Å². The fourth-order valence-electron chi connectivity index (χ4n) is 2.43. The van der Waals surface area contributed by atoms with Gasteiger partial charge in [-0.25, -0.2) is 0 Å². The molecule has 1 amide bonds. The normalized spacial score (nSPS) is 10.4. The molecule has 0 fully saturated rings. The van der Waals surface area contributed by atoms with Crippen LogP contribution in [0.15, 0.2) is 53.7 Å². The quantitative estimate of drug-likeness (QED) is 0.131. The Labute approximate surface area is 186 Å². The van der Waals surface area contributed by atoms with Crippen molar-refractivity contribution in [3.05, 3.63) is 58.6 Å². The Morgan fingerprint density at radius 3 is 2.53 bits per heavy atom. The van der Waals surface area contributed by atoms with Crippen LogP contribution in [-0.2, 0) is 4.79 Å². The molecule has 0 atom stereocenters. The zero-order valence-electron chi connectivity index (χ0n) is 16.6. The van der Waals surface area contributed by atoms with Gasteiger partial charge in [-0.3, -0.25) is 14.9 Å². The average molecular weight is 457 g/mol. The second-order valence-electron chi connectivity index (χ2n) is 6.20. The summed E-state index contributed by atoms with van der Waals surface area (Å²) in [5.74, 6) is -0.500. The largest absolute Gasteiger partial charge is 0.506 e. The number of aliphatic hydroxyl groups excluding tert-OH is 1. The molecule has 0 unspecified atom stereocenters. The van der Waals surface area contributed by atoms with E-state index in [2.05, 4.69) is 30.9 Å². The fourth-order valence-corrected chi connectivity index (χ4v) is 3.06. The predicted octanol–water partition coefficient (Wildman–Crippen LogP) is 2.36. The number of phenolic OH excluding ortho intramolecular Hbond substituents is 1. The molecule has 0 saturated heterocycles. The van der Waals surface area contributed by atoms with E-state index in [0.717, 1.165) is 23.5 Å². The number of phenols is 1. The summed E-state index contributed by atoms with van der Waals surface area (Å²) in [4.78, 5) is 35.1. The van der Waals surface area contributed by atoms with Crippen LogP contribution in [0.1, 0.15) is 0 Å². The van der Waals surface area contributed by atoms with Gasteiger partial charge in [0.25, 0.3) is 5.69 Å². The molecule has 3 rings (SSSR count). The van der Waals surface area contributed by atoms with E-state index in [-0.39, 0.29) is 47.3 Å². The summed E-state index contributed by atoms with van der Waals surface area (Å²) >= 11 is 1.03. The Morgan fingerprint density at radius 2 is 1.84 bits per heavy atom. The van der Waals surface area contributed by atoms with Gasteiger partial charge >= 0.3 is 0 Å². The number of aliphatic hydroxyl groups is 1. The average Bonchev–Trinajstić information content (AvgIpc) is 2.78. The van der Waals surface area contributed by atoms with Crippen LogP contribution in [0.25, 0.3) is 0 Å². The van der Waals surface area contributed by atoms with Gasteiger partial charge in [-0.2, -0.15) is 15.0 Å². The van der Waals surface area contributed by atoms with Gasteiger partial charge in [-0.1, -0.05) is 30.0 Å². The van der Waals surface area contributed by atoms with Crippen LogP contribution < -0.4 is 16.0 Å². The summed E-state index contributed by atoms with van der Waals surface area (Å²) in [6.07, 6.45) is 0. The number of hydrogen-bond donors (Lipinski definition) is 5. The van der Waals surface area contributed by atoms with Crippen LogP contribution in [0.4, 0.5) is 29.0 Å². The molecule has 5 N–H and O–H groups in total. The number of aromatic nitrogens is 3. The Morgan fingerprint density at radius 1 is 1.09 bits per heavy atom. The molecule has 1 aromatic heterocycles. The summed E-state index contributed by atoms with van der Waals surface area (Å²) in [5, 5.41) is 38.3. The number of nitrogens with one attached hydrogen (secondary N) is 3. The zero-order valence-corrected chi connectivity index (χ0v) is 17.4. The summed E-state index contributed by atoms with van der Waals surface area (Å²) in [6.45, 7) is 0.121. The lowest BCUT2D eigenvalue weighted by Gasteiger charge is -2.10. The molecule has 2 aromatic carbocycles. The second-order valence-corrected chi connectivity index (χ2v) is 7.14. The highest BCUT2D eigenvalue weighted by Gasteiger charge is 2.14. The molecule has 0 aliphatic carbocycles. The van der Waals surface area contributed by atoms with E-state index in [4.69, 9.17) is 5.11 Å². The van der Waals surface area contributed by atoms with Crippen molar-refractivity contribution in [2.24, 2.45) is 0 Å². The van der Waals surface area contributed by atoms with Gasteiger partial charge < -0.3 is 26.2 Å². The summed E-state index contributed by atoms with van der Waals surface area (Å²) in [7, 11) is 0. The van der Waals surface area contributed by atoms with Gasteiger partial charge in [0.05, 0.1) is 29.0 Å². The van der Waals surface area contributed by atoms with Gasteiger partial charge in [0, 0.05) is 18.3 Å². The third kappa shape index (κ3) is 6.52. The van der Waals surface area contributed by atoms with E-state index in [1.807, 2.05) is 30.3 Å². The Kier molecular flexibility index (Phi) is 7.72. The maximum atomic E-state index is 12.3. The SMILES string of the molecule is O=C(CSc1nc(NCCO)nc(Nc2ccccc2)n1)Nc1ccc([N+](=O)[O-])cc1O. The van der Waals surface area contributed by atoms with Gasteiger partial charge in [-0.05, 0) is 18.2 Å². The summed E-state index contributed by atoms with van der Waals surface area (Å²) in [6, 6.07) is 12.6. The van der Waals surface area contributed by atoms with Crippen molar-refractivity contribution in [2.75, 3.05) is 34.9 Å². The number of para-hydroxylation sites is 1. The van der Waals surface area contributed by atoms with E-state index in [1.54, 1.807) is 0 Å². The molecule has 0 bridgehead atoms. The molecular formula is C19H19N7O5S. The van der Waals surface area contributed by atoms with Crippen molar-refractivity contribution in [1.82, 2.24) is 15.0 Å². The molecule has 13 heteroatoms. The van der Waals surface area contributed by atoms with Gasteiger partial charge in [0.1, 0.15) is 5.75 Å². The lowest BCUT2D eigenvalue weighted by Crippen LogP contribution is -2.15. The van der Waals surface area contributed by atoms with Crippen molar-refractivity contribution in [3.63, 3.8) is 0 Å². The standard InChI is InChI=1S/C19H19N7O5S/c27-9-8-20-17-23-18(21-12-4-2-1-3-5-12)25-19(24-17)32-11-16(29)22-14-7-6-13(26(30)31)10-15(14)28/h1-7,10,27-28H,8-9,11H2,(H,22,29)(H2,20,21,23,24,25). The van der Waals surface area contributed by atoms with Crippen LogP contribution in [0.2, 0.25) is 0 Å². The number of thioether (sulfide) groups is 1. The number of nitrogens with zero attached hydrogens (tertiary/aromatic N) is 4. The topological polar surface area (TPSA) is 175 Å². The summed E-state index contributed by atoms with van der Waals surface area (Å²) < 4.78 is 0. The third-order valence-electron chi connectivity index (χ3n) is 3.84. The molecule has 3 aromatic rings. The number of nitro groups is 1. The zero-order chi connectivity index (χ0) is 22.9. The van der Waals surface area contributed by atoms with E-state index < -0.39 is 16.6 Å². The molecule has 32 heavy (non-hydrogen) atoms. The van der Waals surface area contributed by atoms with E-state index in [1.165, 1.54) is 12.1 Å². The molecule has 0 radical (unpaired) electrons. The maximum absolute atomic E-state index is 12.3. The smallest absolute Gasteiger partial charge is 0.273 e. The fraction of sp³-hybridized carbons (Fsp3) is 0.158. The highest BCUT2D eigenvalue weighted by Crippen LogP contribution is 2.28. The van der Waals surface area contributed by atoms with Gasteiger partial charge in [0.15, 0.2) is 5.16 Å². The van der Waals surface area contributed by atoms with E-state index in [9.17, 15) is 20.0 Å². The Hall–Kier alpha value is -3.97. The van der Waals surface area contributed by atoms with Crippen LogP contribution in [0, 0.1) is 10.1 Å². The first-order chi connectivity index (χ1) is 15.4. The minimum Gasteiger partial charge on any atom is -0.506 e. The number of rotatable bonds is 10. The molecule has 0 spiro atoms. The first kappa shape index (κ1) is 22.7. The van der Waals surface area contributed by atoms with Crippen molar-refractivity contribution in [1.29, 1.82) is 0 Å². The number of benzene rings is 2. The van der Waals surface area contributed by atoms with Crippen LogP contribution in [0.3, 0.4) is 0 Å². The second kappa shape index (κ2) is 10.9. The minimum absolute atomic E-state index is 0.0496. The number of carbonyl (C=O) groups is 1. The van der Waals surface area contributed by atoms with E-state index in [0.29, 0.717) is 0 Å². The number of hydrogen-bond acceptors (Lipinski definition) is 11. The molecule has 12 nitrogen and oxygen atoms in total. The molecule has 166 valence electrons. The number of non-ortho nitro benzene ring substituents is 1. The molecule has 1 heterocycles. The van der Waals surface area contributed by atoms with Crippen LogP contribution >= 0.6 is 11.8 Å². The number of nitro benzene ring substituents is 1. The monoisotopic (exact) mass is 457 g/mol. The maximum Gasteiger partial charge on any atom is 0.273 e.